The average Bonchev–Trinajstić information content (AvgIpc) is 2.85. The van der Waals surface area contributed by atoms with E-state index in [0.29, 0.717) is 34.6 Å². The van der Waals surface area contributed by atoms with E-state index in [1.807, 2.05) is 0 Å². The summed E-state index contributed by atoms with van der Waals surface area (Å²) >= 11 is 4.57. The molecule has 0 radical (unpaired) electrons. The number of esters is 1. The number of methoxy groups -OCH3 is 1. The van der Waals surface area contributed by atoms with E-state index in [1.165, 1.54) is 32.0 Å². The zero-order valence-corrected chi connectivity index (χ0v) is 14.6. The highest BCUT2D eigenvalue weighted by Gasteiger charge is 2.32. The van der Waals surface area contributed by atoms with Crippen LogP contribution in [0.25, 0.3) is 0 Å². The Morgan fingerprint density at radius 3 is 2.86 bits per heavy atom. The second-order valence-electron chi connectivity index (χ2n) is 4.90. The van der Waals surface area contributed by atoms with Gasteiger partial charge >= 0.3 is 5.97 Å². The lowest BCUT2D eigenvalue weighted by atomic mass is 10.1. The Morgan fingerprint density at radius 2 is 2.27 bits per heavy atom. The standard InChI is InChI=1S/C14H15BrN2O4S/c1-8(18)22-7-9-3-12(19)17(6-9)13-11(15)4-10(5-16-13)14(20)21-2/h4-5,9H,3,6-7H2,1-2H3. The third kappa shape index (κ3) is 3.86. The summed E-state index contributed by atoms with van der Waals surface area (Å²) in [6, 6.07) is 1.58. The third-order valence-corrected chi connectivity index (χ3v) is 4.85. The first kappa shape index (κ1) is 17.0. The Hall–Kier alpha value is -1.41. The van der Waals surface area contributed by atoms with Crippen molar-refractivity contribution in [1.29, 1.82) is 0 Å². The normalized spacial score (nSPS) is 17.7. The van der Waals surface area contributed by atoms with Crippen molar-refractivity contribution in [3.8, 4) is 0 Å². The number of hydrogen-bond acceptors (Lipinski definition) is 6. The molecule has 0 N–H and O–H groups in total. The summed E-state index contributed by atoms with van der Waals surface area (Å²) in [6.07, 6.45) is 1.78. The first-order valence-corrected chi connectivity index (χ1v) is 8.37. The Labute approximate surface area is 140 Å². The van der Waals surface area contributed by atoms with Crippen LogP contribution in [0.5, 0.6) is 0 Å². The number of anilines is 1. The number of carbonyl (C=O) groups is 3. The Bertz CT molecular complexity index is 623. The van der Waals surface area contributed by atoms with Gasteiger partial charge in [0.1, 0.15) is 5.82 Å². The maximum absolute atomic E-state index is 12.1. The van der Waals surface area contributed by atoms with Crippen molar-refractivity contribution in [3.63, 3.8) is 0 Å². The lowest BCUT2D eigenvalue weighted by Crippen LogP contribution is -2.26. The van der Waals surface area contributed by atoms with Crippen molar-refractivity contribution < 1.29 is 19.1 Å². The van der Waals surface area contributed by atoms with E-state index in [1.54, 1.807) is 11.0 Å². The molecule has 1 aromatic rings. The first-order valence-electron chi connectivity index (χ1n) is 6.60. The van der Waals surface area contributed by atoms with Gasteiger partial charge in [0.25, 0.3) is 0 Å². The predicted octanol–water partition coefficient (Wildman–Crippen LogP) is 2.26. The number of ether oxygens (including phenoxy) is 1. The van der Waals surface area contributed by atoms with Crippen LogP contribution in [-0.2, 0) is 14.3 Å². The lowest BCUT2D eigenvalue weighted by Gasteiger charge is -2.17. The molecule has 22 heavy (non-hydrogen) atoms. The maximum atomic E-state index is 12.1. The van der Waals surface area contributed by atoms with Gasteiger partial charge in [-0.1, -0.05) is 11.8 Å². The minimum atomic E-state index is -0.483. The zero-order valence-electron chi connectivity index (χ0n) is 12.2. The molecule has 1 aliphatic rings. The smallest absolute Gasteiger partial charge is 0.339 e. The van der Waals surface area contributed by atoms with E-state index in [4.69, 9.17) is 0 Å². The van der Waals surface area contributed by atoms with Crippen molar-refractivity contribution >= 4 is 50.5 Å². The minimum absolute atomic E-state index is 0.0341. The molecule has 0 bridgehead atoms. The van der Waals surface area contributed by atoms with Crippen molar-refractivity contribution in [1.82, 2.24) is 4.98 Å². The number of amides is 1. The number of halogens is 1. The Morgan fingerprint density at radius 1 is 1.55 bits per heavy atom. The van der Waals surface area contributed by atoms with E-state index in [-0.39, 0.29) is 16.9 Å². The van der Waals surface area contributed by atoms with Gasteiger partial charge in [0.2, 0.25) is 5.91 Å². The average molecular weight is 387 g/mol. The van der Waals surface area contributed by atoms with Crippen LogP contribution >= 0.6 is 27.7 Å². The van der Waals surface area contributed by atoms with Gasteiger partial charge in [0.15, 0.2) is 5.12 Å². The summed E-state index contributed by atoms with van der Waals surface area (Å²) in [6.45, 7) is 2.03. The fraction of sp³-hybridized carbons (Fsp3) is 0.429. The molecule has 2 rings (SSSR count). The summed E-state index contributed by atoms with van der Waals surface area (Å²) in [5.74, 6) is 0.704. The topological polar surface area (TPSA) is 76.6 Å². The van der Waals surface area contributed by atoms with E-state index < -0.39 is 5.97 Å². The summed E-state index contributed by atoms with van der Waals surface area (Å²) in [7, 11) is 1.30. The van der Waals surface area contributed by atoms with Crippen LogP contribution in [0.15, 0.2) is 16.7 Å². The summed E-state index contributed by atoms with van der Waals surface area (Å²) in [5, 5.41) is 0.0487. The Balaban J connectivity index is 2.13. The third-order valence-electron chi connectivity index (χ3n) is 3.23. The fourth-order valence-electron chi connectivity index (χ4n) is 2.19. The molecule has 0 saturated carbocycles. The number of rotatable bonds is 4. The van der Waals surface area contributed by atoms with Gasteiger partial charge in [-0.25, -0.2) is 9.78 Å². The largest absolute Gasteiger partial charge is 0.465 e. The van der Waals surface area contributed by atoms with Gasteiger partial charge in [0, 0.05) is 31.8 Å². The number of pyridine rings is 1. The van der Waals surface area contributed by atoms with Gasteiger partial charge in [-0.15, -0.1) is 0 Å². The first-order chi connectivity index (χ1) is 10.4. The molecule has 2 heterocycles. The van der Waals surface area contributed by atoms with E-state index >= 15 is 0 Å². The van der Waals surface area contributed by atoms with E-state index in [2.05, 4.69) is 25.7 Å². The summed E-state index contributed by atoms with van der Waals surface area (Å²) in [4.78, 5) is 40.4. The molecule has 6 nitrogen and oxygen atoms in total. The molecule has 8 heteroatoms. The van der Waals surface area contributed by atoms with Gasteiger partial charge < -0.3 is 4.74 Å². The Kier molecular flexibility index (Phi) is 5.57. The summed E-state index contributed by atoms with van der Waals surface area (Å²) in [5.41, 5.74) is 0.313. The molecule has 1 atom stereocenters. The molecule has 118 valence electrons. The number of thioether (sulfide) groups is 1. The van der Waals surface area contributed by atoms with Crippen LogP contribution in [-0.4, -0.2) is 41.4 Å². The highest BCUT2D eigenvalue weighted by molar-refractivity contribution is 9.10. The van der Waals surface area contributed by atoms with Crippen molar-refractivity contribution in [2.45, 2.75) is 13.3 Å². The van der Waals surface area contributed by atoms with Crippen LogP contribution in [0.2, 0.25) is 0 Å². The zero-order chi connectivity index (χ0) is 16.3. The molecule has 1 fully saturated rings. The maximum Gasteiger partial charge on any atom is 0.339 e. The fourth-order valence-corrected chi connectivity index (χ4v) is 3.45. The van der Waals surface area contributed by atoms with Crippen molar-refractivity contribution in [3.05, 3.63) is 22.3 Å². The van der Waals surface area contributed by atoms with Gasteiger partial charge in [0.05, 0.1) is 17.1 Å². The molecule has 1 aromatic heterocycles. The van der Waals surface area contributed by atoms with Crippen LogP contribution < -0.4 is 4.90 Å². The minimum Gasteiger partial charge on any atom is -0.465 e. The van der Waals surface area contributed by atoms with E-state index in [0.717, 1.165) is 0 Å². The predicted molar refractivity (Wildman–Crippen MR) is 86.9 cm³/mol. The molecule has 1 saturated heterocycles. The molecule has 1 aliphatic heterocycles. The molecule has 0 aromatic carbocycles. The van der Waals surface area contributed by atoms with Gasteiger partial charge in [-0.3, -0.25) is 14.5 Å². The molecule has 1 unspecified atom stereocenters. The number of aromatic nitrogens is 1. The summed E-state index contributed by atoms with van der Waals surface area (Å²) < 4.78 is 5.19. The van der Waals surface area contributed by atoms with Crippen LogP contribution in [0, 0.1) is 5.92 Å². The van der Waals surface area contributed by atoms with Gasteiger partial charge in [-0.2, -0.15) is 0 Å². The number of carbonyl (C=O) groups excluding carboxylic acids is 3. The second kappa shape index (κ2) is 7.23. The van der Waals surface area contributed by atoms with Crippen LogP contribution in [0.4, 0.5) is 5.82 Å². The molecular formula is C14H15BrN2O4S. The lowest BCUT2D eigenvalue weighted by molar-refractivity contribution is -0.117. The molecule has 1 amide bonds. The van der Waals surface area contributed by atoms with Crippen molar-refractivity contribution in [2.24, 2.45) is 5.92 Å². The van der Waals surface area contributed by atoms with Crippen molar-refractivity contribution in [2.75, 3.05) is 24.3 Å². The highest BCUT2D eigenvalue weighted by atomic mass is 79.9. The molecular weight excluding hydrogens is 372 g/mol. The molecule has 0 aliphatic carbocycles. The number of hydrogen-bond donors (Lipinski definition) is 0. The highest BCUT2D eigenvalue weighted by Crippen LogP contribution is 2.31. The van der Waals surface area contributed by atoms with Gasteiger partial charge in [-0.05, 0) is 27.9 Å². The van der Waals surface area contributed by atoms with Crippen LogP contribution in [0.1, 0.15) is 23.7 Å². The van der Waals surface area contributed by atoms with Crippen LogP contribution in [0.3, 0.4) is 0 Å². The van der Waals surface area contributed by atoms with E-state index in [9.17, 15) is 14.4 Å². The molecule has 0 spiro atoms. The second-order valence-corrected chi connectivity index (χ2v) is 6.95. The SMILES string of the molecule is COC(=O)c1cnc(N2CC(CSC(C)=O)CC2=O)c(Br)c1. The quantitative estimate of drug-likeness (QED) is 0.738. The number of nitrogens with zero attached hydrogens (tertiary/aromatic N) is 2. The monoisotopic (exact) mass is 386 g/mol.